The second-order valence-corrected chi connectivity index (χ2v) is 7.71. The van der Waals surface area contributed by atoms with Gasteiger partial charge < -0.3 is 14.4 Å². The molecule has 0 saturated heterocycles. The summed E-state index contributed by atoms with van der Waals surface area (Å²) in [5.41, 5.74) is 4.60. The van der Waals surface area contributed by atoms with Gasteiger partial charge in [0.1, 0.15) is 17.1 Å². The number of nitrogens with zero attached hydrogens (tertiary/aromatic N) is 3. The lowest BCUT2D eigenvalue weighted by Crippen LogP contribution is -2.31. The molecule has 0 atom stereocenters. The predicted molar refractivity (Wildman–Crippen MR) is 122 cm³/mol. The van der Waals surface area contributed by atoms with E-state index in [1.165, 1.54) is 35.2 Å². The molecule has 2 aromatic carbocycles. The summed E-state index contributed by atoms with van der Waals surface area (Å²) in [6.45, 7) is 4.80. The first-order chi connectivity index (χ1) is 13.6. The van der Waals surface area contributed by atoms with E-state index in [0.29, 0.717) is 0 Å². The Labute approximate surface area is 179 Å². The van der Waals surface area contributed by atoms with E-state index in [-0.39, 0.29) is 12.4 Å². The molecule has 6 heteroatoms. The van der Waals surface area contributed by atoms with E-state index in [1.807, 2.05) is 17.8 Å². The smallest absolute Gasteiger partial charge is 0.134 e. The summed E-state index contributed by atoms with van der Waals surface area (Å²) in [5.74, 6) is 2.87. The van der Waals surface area contributed by atoms with Crippen LogP contribution in [0, 0.1) is 12.8 Å². The molecule has 1 fully saturated rings. The lowest BCUT2D eigenvalue weighted by atomic mass is 9.98. The number of aromatic nitrogens is 2. The fraction of sp³-hybridized carbons (Fsp3) is 0.435. The second-order valence-electron chi connectivity index (χ2n) is 7.71. The molecule has 0 N–H and O–H groups in total. The maximum Gasteiger partial charge on any atom is 0.134 e. The number of hydrogen-bond acceptors (Lipinski definition) is 4. The molecular formula is C23H30ClN3O2. The van der Waals surface area contributed by atoms with Crippen LogP contribution in [-0.4, -0.2) is 43.7 Å². The minimum absolute atomic E-state index is 0. The Hall–Kier alpha value is -2.24. The number of ether oxygens (including phenoxy) is 2. The average molecular weight is 416 g/mol. The van der Waals surface area contributed by atoms with E-state index in [1.54, 1.807) is 14.2 Å². The Morgan fingerprint density at radius 3 is 2.59 bits per heavy atom. The number of anilines is 1. The van der Waals surface area contributed by atoms with Crippen molar-refractivity contribution >= 4 is 29.1 Å². The number of fused-ring (bicyclic) bond motifs is 1. The molecule has 0 aliphatic heterocycles. The third-order valence-electron chi connectivity index (χ3n) is 5.60. The van der Waals surface area contributed by atoms with Gasteiger partial charge in [-0.1, -0.05) is 18.2 Å². The molecule has 1 aliphatic rings. The Bertz CT molecular complexity index is 982. The zero-order chi connectivity index (χ0) is 19.7. The van der Waals surface area contributed by atoms with E-state index < -0.39 is 0 Å². The van der Waals surface area contributed by atoms with Gasteiger partial charge in [-0.25, -0.2) is 0 Å². The van der Waals surface area contributed by atoms with Crippen molar-refractivity contribution < 1.29 is 9.47 Å². The first kappa shape index (κ1) is 21.5. The first-order valence-corrected chi connectivity index (χ1v) is 9.97. The quantitative estimate of drug-likeness (QED) is 0.527. The Kier molecular flexibility index (Phi) is 6.70. The lowest BCUT2D eigenvalue weighted by Gasteiger charge is -2.24. The average Bonchev–Trinajstić information content (AvgIpc) is 3.45. The predicted octanol–water partition coefficient (Wildman–Crippen LogP) is 4.84. The molecule has 0 spiro atoms. The maximum absolute atomic E-state index is 5.37. The van der Waals surface area contributed by atoms with Crippen LogP contribution in [0.5, 0.6) is 5.75 Å². The Balaban J connectivity index is 0.00000240. The van der Waals surface area contributed by atoms with Gasteiger partial charge in [0.15, 0.2) is 0 Å². The molecule has 5 nitrogen and oxygen atoms in total. The Morgan fingerprint density at radius 2 is 1.93 bits per heavy atom. The third kappa shape index (κ3) is 4.36. The van der Waals surface area contributed by atoms with Crippen molar-refractivity contribution in [1.29, 1.82) is 0 Å². The van der Waals surface area contributed by atoms with Crippen molar-refractivity contribution in [3.8, 4) is 16.9 Å². The number of halogens is 1. The SMILES string of the molecule is COCCN(CC1CC1)c1c2cccc(-c3ccc(OC)cc3C)c2nn1C.Cl. The molecule has 0 unspecified atom stereocenters. The van der Waals surface area contributed by atoms with Gasteiger partial charge >= 0.3 is 0 Å². The van der Waals surface area contributed by atoms with Crippen LogP contribution in [0.2, 0.25) is 0 Å². The monoisotopic (exact) mass is 415 g/mol. The minimum Gasteiger partial charge on any atom is -0.497 e. The second kappa shape index (κ2) is 9.06. The van der Waals surface area contributed by atoms with Crippen LogP contribution in [0.3, 0.4) is 0 Å². The molecule has 0 bridgehead atoms. The van der Waals surface area contributed by atoms with Gasteiger partial charge in [-0.05, 0) is 55.0 Å². The van der Waals surface area contributed by atoms with Crippen LogP contribution in [0.25, 0.3) is 22.0 Å². The molecule has 156 valence electrons. The molecule has 1 aliphatic carbocycles. The number of hydrogen-bond donors (Lipinski definition) is 0. The summed E-state index contributed by atoms with van der Waals surface area (Å²) in [7, 11) is 5.52. The van der Waals surface area contributed by atoms with Crippen molar-refractivity contribution in [2.45, 2.75) is 19.8 Å². The largest absolute Gasteiger partial charge is 0.497 e. The van der Waals surface area contributed by atoms with Crippen LogP contribution in [-0.2, 0) is 11.8 Å². The van der Waals surface area contributed by atoms with Crippen LogP contribution in [0.4, 0.5) is 5.82 Å². The summed E-state index contributed by atoms with van der Waals surface area (Å²) >= 11 is 0. The van der Waals surface area contributed by atoms with Crippen LogP contribution < -0.4 is 9.64 Å². The van der Waals surface area contributed by atoms with Crippen molar-refractivity contribution in [2.75, 3.05) is 38.8 Å². The summed E-state index contributed by atoms with van der Waals surface area (Å²) in [6.07, 6.45) is 2.66. The Morgan fingerprint density at radius 1 is 1.14 bits per heavy atom. The van der Waals surface area contributed by atoms with Crippen molar-refractivity contribution in [3.63, 3.8) is 0 Å². The van der Waals surface area contributed by atoms with Gasteiger partial charge in [0.05, 0.1) is 13.7 Å². The summed E-state index contributed by atoms with van der Waals surface area (Å²) in [5, 5.41) is 6.13. The summed E-state index contributed by atoms with van der Waals surface area (Å²) < 4.78 is 12.8. The fourth-order valence-electron chi connectivity index (χ4n) is 3.96. The van der Waals surface area contributed by atoms with E-state index in [4.69, 9.17) is 14.6 Å². The van der Waals surface area contributed by atoms with Gasteiger partial charge in [-0.2, -0.15) is 5.10 Å². The van der Waals surface area contributed by atoms with Gasteiger partial charge in [-0.15, -0.1) is 12.4 Å². The molecule has 3 aromatic rings. The molecule has 0 radical (unpaired) electrons. The van der Waals surface area contributed by atoms with E-state index in [0.717, 1.165) is 42.4 Å². The summed E-state index contributed by atoms with van der Waals surface area (Å²) in [6, 6.07) is 12.7. The van der Waals surface area contributed by atoms with Gasteiger partial charge in [0.2, 0.25) is 0 Å². The topological polar surface area (TPSA) is 39.5 Å². The number of methoxy groups -OCH3 is 2. The highest BCUT2D eigenvalue weighted by Gasteiger charge is 2.27. The normalized spacial score (nSPS) is 13.4. The molecule has 4 rings (SSSR count). The fourth-order valence-corrected chi connectivity index (χ4v) is 3.96. The highest BCUT2D eigenvalue weighted by atomic mass is 35.5. The number of rotatable bonds is 8. The maximum atomic E-state index is 5.37. The van der Waals surface area contributed by atoms with E-state index in [2.05, 4.69) is 42.2 Å². The van der Waals surface area contributed by atoms with Crippen molar-refractivity contribution in [2.24, 2.45) is 13.0 Å². The molecule has 1 aromatic heterocycles. The molecular weight excluding hydrogens is 386 g/mol. The van der Waals surface area contributed by atoms with E-state index >= 15 is 0 Å². The minimum atomic E-state index is 0. The van der Waals surface area contributed by atoms with Crippen molar-refractivity contribution in [3.05, 3.63) is 42.0 Å². The first-order valence-electron chi connectivity index (χ1n) is 9.97. The molecule has 0 amide bonds. The van der Waals surface area contributed by atoms with E-state index in [9.17, 15) is 0 Å². The van der Waals surface area contributed by atoms with Gasteiger partial charge in [0.25, 0.3) is 0 Å². The zero-order valence-corrected chi connectivity index (χ0v) is 18.5. The molecule has 1 heterocycles. The van der Waals surface area contributed by atoms with Crippen molar-refractivity contribution in [1.82, 2.24) is 9.78 Å². The van der Waals surface area contributed by atoms with Crippen LogP contribution >= 0.6 is 12.4 Å². The zero-order valence-electron chi connectivity index (χ0n) is 17.6. The summed E-state index contributed by atoms with van der Waals surface area (Å²) in [4.78, 5) is 2.45. The highest BCUT2D eigenvalue weighted by Crippen LogP contribution is 2.37. The highest BCUT2D eigenvalue weighted by molar-refractivity contribution is 6.00. The van der Waals surface area contributed by atoms with Crippen LogP contribution in [0.15, 0.2) is 36.4 Å². The lowest BCUT2D eigenvalue weighted by molar-refractivity contribution is 0.204. The number of benzene rings is 2. The molecule has 29 heavy (non-hydrogen) atoms. The standard InChI is InChI=1S/C23H29N3O2.ClH/c1-16-14-18(28-4)10-11-19(16)20-6-5-7-21-22(20)24-25(2)23(21)26(12-13-27-3)15-17-8-9-17;/h5-7,10-11,14,17H,8-9,12-13,15H2,1-4H3;1H. The number of aryl methyl sites for hydroxylation is 2. The van der Waals surface area contributed by atoms with Gasteiger partial charge in [0, 0.05) is 38.2 Å². The van der Waals surface area contributed by atoms with Gasteiger partial charge in [-0.3, -0.25) is 4.68 Å². The third-order valence-corrected chi connectivity index (χ3v) is 5.60. The molecule has 1 saturated carbocycles. The van der Waals surface area contributed by atoms with Crippen LogP contribution in [0.1, 0.15) is 18.4 Å².